The molecule has 0 saturated carbocycles. The number of benzene rings is 3. The van der Waals surface area contributed by atoms with Crippen LogP contribution in [0.15, 0.2) is 82.8 Å². The van der Waals surface area contributed by atoms with Gasteiger partial charge in [-0.05, 0) is 61.4 Å². The fourth-order valence-corrected chi connectivity index (χ4v) is 4.11. The van der Waals surface area contributed by atoms with E-state index in [9.17, 15) is 14.7 Å². The first-order valence-electron chi connectivity index (χ1n) is 10.3. The number of para-hydroxylation sites is 1. The van der Waals surface area contributed by atoms with Crippen molar-refractivity contribution in [3.63, 3.8) is 0 Å². The summed E-state index contributed by atoms with van der Waals surface area (Å²) in [5, 5.41) is 11.2. The van der Waals surface area contributed by atoms with Gasteiger partial charge in [0.2, 0.25) is 0 Å². The molecular weight excluding hydrogens is 470 g/mol. The number of Topliss-reactive ketones (excluding diaryl/α,β-unsaturated/α-hetero) is 1. The second kappa shape index (κ2) is 9.01. The van der Waals surface area contributed by atoms with Crippen LogP contribution in [0, 0.1) is 6.92 Å². The van der Waals surface area contributed by atoms with Crippen LogP contribution in [0.25, 0.3) is 5.76 Å². The van der Waals surface area contributed by atoms with Crippen LogP contribution in [0.4, 0.5) is 5.69 Å². The summed E-state index contributed by atoms with van der Waals surface area (Å²) in [4.78, 5) is 27.7. The number of amides is 1. The predicted octanol–water partition coefficient (Wildman–Crippen LogP) is 5.78. The van der Waals surface area contributed by atoms with Gasteiger partial charge in [0.05, 0.1) is 18.2 Å². The van der Waals surface area contributed by atoms with E-state index in [0.717, 1.165) is 10.0 Å². The third-order valence-corrected chi connectivity index (χ3v) is 6.31. The van der Waals surface area contributed by atoms with E-state index in [1.807, 2.05) is 50.2 Å². The molecule has 1 saturated heterocycles. The molecule has 1 fully saturated rings. The molecule has 0 bridgehead atoms. The first kappa shape index (κ1) is 21.8. The van der Waals surface area contributed by atoms with Gasteiger partial charge in [0.15, 0.2) is 0 Å². The standard InChI is InChI=1S/C26H22BrNO4/c1-3-32-20-12-9-17(10-13-20)23-22(24(29)18-11-14-21(27)16(2)15-18)25(30)26(31)28(23)19-7-5-4-6-8-19/h4-15,23,29H,3H2,1-2H3/b24-22-. The number of aliphatic hydroxyl groups excluding tert-OH is 1. The number of carbonyl (C=O) groups is 2. The zero-order chi connectivity index (χ0) is 22.8. The molecule has 3 aromatic rings. The molecule has 32 heavy (non-hydrogen) atoms. The first-order chi connectivity index (χ1) is 15.4. The Bertz CT molecular complexity index is 1200. The zero-order valence-electron chi connectivity index (χ0n) is 17.7. The smallest absolute Gasteiger partial charge is 0.300 e. The molecule has 1 heterocycles. The number of hydrogen-bond donors (Lipinski definition) is 1. The summed E-state index contributed by atoms with van der Waals surface area (Å²) in [6.45, 7) is 4.33. The summed E-state index contributed by atoms with van der Waals surface area (Å²) in [6, 6.07) is 20.8. The highest BCUT2D eigenvalue weighted by molar-refractivity contribution is 9.10. The minimum Gasteiger partial charge on any atom is -0.507 e. The van der Waals surface area contributed by atoms with Gasteiger partial charge in [-0.1, -0.05) is 52.3 Å². The normalized spacial score (nSPS) is 17.6. The van der Waals surface area contributed by atoms with Gasteiger partial charge in [-0.15, -0.1) is 0 Å². The van der Waals surface area contributed by atoms with Gasteiger partial charge in [-0.25, -0.2) is 0 Å². The van der Waals surface area contributed by atoms with Gasteiger partial charge >= 0.3 is 0 Å². The van der Waals surface area contributed by atoms with Crippen LogP contribution in [-0.2, 0) is 9.59 Å². The number of halogens is 1. The first-order valence-corrected chi connectivity index (χ1v) is 11.1. The second-order valence-corrected chi connectivity index (χ2v) is 8.32. The topological polar surface area (TPSA) is 66.8 Å². The Morgan fingerprint density at radius 1 is 1.03 bits per heavy atom. The Kier molecular flexibility index (Phi) is 6.15. The number of aliphatic hydroxyl groups is 1. The monoisotopic (exact) mass is 491 g/mol. The van der Waals surface area contributed by atoms with E-state index in [1.54, 1.807) is 36.4 Å². The quantitative estimate of drug-likeness (QED) is 0.279. The van der Waals surface area contributed by atoms with Gasteiger partial charge in [-0.3, -0.25) is 14.5 Å². The Morgan fingerprint density at radius 2 is 1.72 bits per heavy atom. The summed E-state index contributed by atoms with van der Waals surface area (Å²) < 4.78 is 6.42. The highest BCUT2D eigenvalue weighted by Crippen LogP contribution is 2.42. The Balaban J connectivity index is 1.91. The molecule has 1 N–H and O–H groups in total. The molecule has 0 aliphatic carbocycles. The van der Waals surface area contributed by atoms with Crippen molar-refractivity contribution in [3.8, 4) is 5.75 Å². The number of carbonyl (C=O) groups excluding carboxylic acids is 2. The molecule has 6 heteroatoms. The van der Waals surface area contributed by atoms with Crippen molar-refractivity contribution in [1.29, 1.82) is 0 Å². The Morgan fingerprint density at radius 3 is 2.34 bits per heavy atom. The molecule has 1 unspecified atom stereocenters. The summed E-state index contributed by atoms with van der Waals surface area (Å²) in [6.07, 6.45) is 0. The van der Waals surface area contributed by atoms with Crippen LogP contribution in [0.2, 0.25) is 0 Å². The SMILES string of the molecule is CCOc1ccc(C2/C(=C(/O)c3ccc(Br)c(C)c3)C(=O)C(=O)N2c2ccccc2)cc1. The van der Waals surface area contributed by atoms with Crippen molar-refractivity contribution >= 4 is 39.1 Å². The van der Waals surface area contributed by atoms with Crippen molar-refractivity contribution in [2.75, 3.05) is 11.5 Å². The van der Waals surface area contributed by atoms with Crippen molar-refractivity contribution in [3.05, 3.63) is 99.5 Å². The zero-order valence-corrected chi connectivity index (χ0v) is 19.3. The molecule has 0 radical (unpaired) electrons. The lowest BCUT2D eigenvalue weighted by molar-refractivity contribution is -0.132. The lowest BCUT2D eigenvalue weighted by Gasteiger charge is -2.25. The summed E-state index contributed by atoms with van der Waals surface area (Å²) in [7, 11) is 0. The molecule has 1 aliphatic rings. The van der Waals surface area contributed by atoms with Crippen molar-refractivity contribution in [2.24, 2.45) is 0 Å². The fraction of sp³-hybridized carbons (Fsp3) is 0.154. The lowest BCUT2D eigenvalue weighted by atomic mass is 9.94. The number of ether oxygens (including phenoxy) is 1. The fourth-order valence-electron chi connectivity index (χ4n) is 3.86. The van der Waals surface area contributed by atoms with Crippen molar-refractivity contribution < 1.29 is 19.4 Å². The second-order valence-electron chi connectivity index (χ2n) is 7.47. The Labute approximate surface area is 195 Å². The third kappa shape index (κ3) is 3.94. The van der Waals surface area contributed by atoms with E-state index in [0.29, 0.717) is 29.2 Å². The van der Waals surface area contributed by atoms with Crippen molar-refractivity contribution in [2.45, 2.75) is 19.9 Å². The lowest BCUT2D eigenvalue weighted by Crippen LogP contribution is -2.29. The number of anilines is 1. The molecule has 1 amide bonds. The molecule has 4 rings (SSSR count). The number of aryl methyl sites for hydroxylation is 1. The highest BCUT2D eigenvalue weighted by Gasteiger charge is 2.46. The van der Waals surface area contributed by atoms with E-state index in [2.05, 4.69) is 15.9 Å². The van der Waals surface area contributed by atoms with Crippen molar-refractivity contribution in [1.82, 2.24) is 0 Å². The maximum Gasteiger partial charge on any atom is 0.300 e. The molecule has 162 valence electrons. The molecule has 0 aromatic heterocycles. The van der Waals surface area contributed by atoms with Gasteiger partial charge in [0.1, 0.15) is 11.5 Å². The number of ketones is 1. The molecule has 0 spiro atoms. The molecule has 5 nitrogen and oxygen atoms in total. The Hall–Kier alpha value is -3.38. The number of hydrogen-bond acceptors (Lipinski definition) is 4. The maximum atomic E-state index is 13.2. The molecular formula is C26H22BrNO4. The van der Waals surface area contributed by atoms with E-state index in [-0.39, 0.29) is 11.3 Å². The summed E-state index contributed by atoms with van der Waals surface area (Å²) in [5.41, 5.74) is 2.73. The van der Waals surface area contributed by atoms with Gasteiger partial charge in [-0.2, -0.15) is 0 Å². The van der Waals surface area contributed by atoms with Crippen LogP contribution in [0.3, 0.4) is 0 Å². The molecule has 3 aromatic carbocycles. The minimum absolute atomic E-state index is 0.0599. The van der Waals surface area contributed by atoms with Gasteiger partial charge in [0.25, 0.3) is 11.7 Å². The number of rotatable bonds is 5. The summed E-state index contributed by atoms with van der Waals surface area (Å²) in [5.74, 6) is -0.899. The van der Waals surface area contributed by atoms with E-state index >= 15 is 0 Å². The predicted molar refractivity (Wildman–Crippen MR) is 128 cm³/mol. The molecule has 1 atom stereocenters. The van der Waals surface area contributed by atoms with E-state index < -0.39 is 17.7 Å². The van der Waals surface area contributed by atoms with Crippen LogP contribution in [0.1, 0.15) is 29.7 Å². The van der Waals surface area contributed by atoms with Crippen LogP contribution >= 0.6 is 15.9 Å². The van der Waals surface area contributed by atoms with Gasteiger partial charge < -0.3 is 9.84 Å². The molecule has 1 aliphatic heterocycles. The average Bonchev–Trinajstić information content (AvgIpc) is 3.07. The highest BCUT2D eigenvalue weighted by atomic mass is 79.9. The maximum absolute atomic E-state index is 13.2. The minimum atomic E-state index is -0.767. The van der Waals surface area contributed by atoms with Crippen LogP contribution in [-0.4, -0.2) is 23.4 Å². The number of nitrogens with zero attached hydrogens (tertiary/aromatic N) is 1. The largest absolute Gasteiger partial charge is 0.507 e. The van der Waals surface area contributed by atoms with E-state index in [1.165, 1.54) is 4.90 Å². The summed E-state index contributed by atoms with van der Waals surface area (Å²) >= 11 is 3.45. The van der Waals surface area contributed by atoms with Crippen LogP contribution in [0.5, 0.6) is 5.75 Å². The third-order valence-electron chi connectivity index (χ3n) is 5.42. The van der Waals surface area contributed by atoms with Gasteiger partial charge in [0, 0.05) is 15.7 Å². The average molecular weight is 492 g/mol. The van der Waals surface area contributed by atoms with E-state index in [4.69, 9.17) is 4.74 Å². The van der Waals surface area contributed by atoms with Crippen LogP contribution < -0.4 is 9.64 Å².